The van der Waals surface area contributed by atoms with E-state index in [1.54, 1.807) is 0 Å². The summed E-state index contributed by atoms with van der Waals surface area (Å²) in [5.41, 5.74) is 2.80. The highest BCUT2D eigenvalue weighted by molar-refractivity contribution is 5.74. The molecule has 3 rings (SSSR count). The molecule has 3 heterocycles. The first-order chi connectivity index (χ1) is 7.84. The number of aromatic nitrogens is 2. The fraction of sp³-hybridized carbons (Fsp3) is 0.417. The summed E-state index contributed by atoms with van der Waals surface area (Å²) >= 11 is 0. The maximum atomic E-state index is 13.7. The molecule has 0 aromatic carbocycles. The van der Waals surface area contributed by atoms with Crippen LogP contribution in [0.15, 0.2) is 24.4 Å². The highest BCUT2D eigenvalue weighted by Gasteiger charge is 2.27. The summed E-state index contributed by atoms with van der Waals surface area (Å²) in [6.45, 7) is 1.31. The molecule has 84 valence electrons. The lowest BCUT2D eigenvalue weighted by Crippen LogP contribution is -2.37. The van der Waals surface area contributed by atoms with Crippen molar-refractivity contribution in [2.45, 2.75) is 18.5 Å². The lowest BCUT2D eigenvalue weighted by atomic mass is 9.92. The van der Waals surface area contributed by atoms with Crippen molar-refractivity contribution in [1.29, 1.82) is 0 Å². The van der Waals surface area contributed by atoms with Gasteiger partial charge in [-0.2, -0.15) is 0 Å². The average molecular weight is 219 g/mol. The Morgan fingerprint density at radius 1 is 1.31 bits per heavy atom. The van der Waals surface area contributed by atoms with Crippen LogP contribution in [0.4, 0.5) is 4.39 Å². The van der Waals surface area contributed by atoms with Crippen molar-refractivity contribution in [2.24, 2.45) is 0 Å². The van der Waals surface area contributed by atoms with Gasteiger partial charge in [-0.25, -0.2) is 4.39 Å². The van der Waals surface area contributed by atoms with Crippen LogP contribution in [0.25, 0.3) is 11.0 Å². The van der Waals surface area contributed by atoms with E-state index >= 15 is 0 Å². The summed E-state index contributed by atoms with van der Waals surface area (Å²) in [5, 5.41) is 3.06. The zero-order valence-electron chi connectivity index (χ0n) is 8.91. The minimum atomic E-state index is -0.822. The number of rotatable bonds is 1. The first kappa shape index (κ1) is 9.78. The van der Waals surface area contributed by atoms with Crippen LogP contribution in [-0.4, -0.2) is 29.2 Å². The van der Waals surface area contributed by atoms with Gasteiger partial charge in [0, 0.05) is 24.4 Å². The maximum absolute atomic E-state index is 13.7. The fourth-order valence-corrected chi connectivity index (χ4v) is 2.31. The summed E-state index contributed by atoms with van der Waals surface area (Å²) in [6, 6.07) is 5.83. The van der Waals surface area contributed by atoms with Crippen LogP contribution in [0, 0.1) is 0 Å². The number of aromatic amines is 1. The molecule has 0 radical (unpaired) electrons. The second kappa shape index (κ2) is 3.87. The van der Waals surface area contributed by atoms with E-state index in [1.165, 1.54) is 0 Å². The van der Waals surface area contributed by atoms with E-state index in [0.29, 0.717) is 6.54 Å². The van der Waals surface area contributed by atoms with Crippen molar-refractivity contribution in [2.75, 3.05) is 13.1 Å². The molecule has 0 saturated carbocycles. The molecule has 1 aliphatic heterocycles. The predicted octanol–water partition coefficient (Wildman–Crippen LogP) is 1.98. The Bertz CT molecular complexity index is 494. The summed E-state index contributed by atoms with van der Waals surface area (Å²) in [5.74, 6) is -0.0550. The monoisotopic (exact) mass is 219 g/mol. The Balaban J connectivity index is 1.97. The van der Waals surface area contributed by atoms with Crippen LogP contribution in [-0.2, 0) is 0 Å². The van der Waals surface area contributed by atoms with Crippen LogP contribution in [0.3, 0.4) is 0 Å². The van der Waals surface area contributed by atoms with Crippen LogP contribution in [0.2, 0.25) is 0 Å². The normalized spacial score (nSPS) is 26.1. The zero-order chi connectivity index (χ0) is 11.0. The van der Waals surface area contributed by atoms with Gasteiger partial charge in [-0.15, -0.1) is 0 Å². The number of piperidine rings is 1. The number of fused-ring (bicyclic) bond motifs is 1. The third-order valence-corrected chi connectivity index (χ3v) is 3.21. The quantitative estimate of drug-likeness (QED) is 0.770. The number of hydrogen-bond acceptors (Lipinski definition) is 2. The van der Waals surface area contributed by atoms with E-state index in [1.807, 2.05) is 24.4 Å². The van der Waals surface area contributed by atoms with Gasteiger partial charge in [0.1, 0.15) is 6.17 Å². The molecule has 3 nitrogen and oxygen atoms in total. The molecule has 1 fully saturated rings. The summed E-state index contributed by atoms with van der Waals surface area (Å²) < 4.78 is 13.7. The number of nitrogens with one attached hydrogen (secondary N) is 2. The molecule has 0 spiro atoms. The van der Waals surface area contributed by atoms with E-state index in [0.717, 1.165) is 29.7 Å². The maximum Gasteiger partial charge on any atom is 0.121 e. The largest absolute Gasteiger partial charge is 0.360 e. The molecule has 0 amide bonds. The molecule has 2 aromatic rings. The first-order valence-corrected chi connectivity index (χ1v) is 5.63. The van der Waals surface area contributed by atoms with E-state index in [4.69, 9.17) is 0 Å². The Morgan fingerprint density at radius 2 is 2.25 bits per heavy atom. The summed E-state index contributed by atoms with van der Waals surface area (Å²) in [7, 11) is 0. The predicted molar refractivity (Wildman–Crippen MR) is 61.2 cm³/mol. The number of pyridine rings is 1. The van der Waals surface area contributed by atoms with Crippen molar-refractivity contribution in [3.05, 3.63) is 30.1 Å². The van der Waals surface area contributed by atoms with Gasteiger partial charge in [0.05, 0.1) is 11.0 Å². The van der Waals surface area contributed by atoms with Crippen molar-refractivity contribution in [1.82, 2.24) is 15.3 Å². The number of halogens is 1. The first-order valence-electron chi connectivity index (χ1n) is 5.63. The molecule has 4 heteroatoms. The Morgan fingerprint density at radius 3 is 3.12 bits per heavy atom. The SMILES string of the molecule is F[C@@H]1CNCC[C@@H]1c1ccc2[nH]ccc2n1. The average Bonchev–Trinajstić information content (AvgIpc) is 2.76. The van der Waals surface area contributed by atoms with Crippen LogP contribution >= 0.6 is 0 Å². The van der Waals surface area contributed by atoms with Crippen molar-refractivity contribution < 1.29 is 4.39 Å². The van der Waals surface area contributed by atoms with Gasteiger partial charge < -0.3 is 10.3 Å². The highest BCUT2D eigenvalue weighted by atomic mass is 19.1. The second-order valence-corrected chi connectivity index (χ2v) is 4.26. The van der Waals surface area contributed by atoms with Gasteiger partial charge in [0.15, 0.2) is 0 Å². The van der Waals surface area contributed by atoms with Gasteiger partial charge in [-0.05, 0) is 31.2 Å². The minimum Gasteiger partial charge on any atom is -0.360 e. The van der Waals surface area contributed by atoms with E-state index in [-0.39, 0.29) is 5.92 Å². The zero-order valence-corrected chi connectivity index (χ0v) is 8.91. The van der Waals surface area contributed by atoms with Crippen LogP contribution in [0.5, 0.6) is 0 Å². The number of nitrogens with zero attached hydrogens (tertiary/aromatic N) is 1. The standard InChI is InChI=1S/C12H14FN3/c13-9-7-14-5-3-8(9)10-1-2-11-12(16-10)4-6-15-11/h1-2,4,6,8-9,14-15H,3,5,7H2/t8-,9+/m0/s1. The Labute approximate surface area is 93.1 Å². The number of H-pyrrole nitrogens is 1. The topological polar surface area (TPSA) is 40.7 Å². The van der Waals surface area contributed by atoms with Gasteiger partial charge >= 0.3 is 0 Å². The van der Waals surface area contributed by atoms with Gasteiger partial charge in [0.25, 0.3) is 0 Å². The molecular weight excluding hydrogens is 205 g/mol. The van der Waals surface area contributed by atoms with E-state index in [2.05, 4.69) is 15.3 Å². The van der Waals surface area contributed by atoms with Crippen LogP contribution in [0.1, 0.15) is 18.0 Å². The van der Waals surface area contributed by atoms with Gasteiger partial charge in [-0.3, -0.25) is 4.98 Å². The number of alkyl halides is 1. The Kier molecular flexibility index (Phi) is 2.36. The van der Waals surface area contributed by atoms with Crippen molar-refractivity contribution in [3.63, 3.8) is 0 Å². The molecule has 0 aliphatic carbocycles. The van der Waals surface area contributed by atoms with Crippen molar-refractivity contribution in [3.8, 4) is 0 Å². The molecule has 0 bridgehead atoms. The van der Waals surface area contributed by atoms with E-state index in [9.17, 15) is 4.39 Å². The van der Waals surface area contributed by atoms with Crippen molar-refractivity contribution >= 4 is 11.0 Å². The van der Waals surface area contributed by atoms with Crippen LogP contribution < -0.4 is 5.32 Å². The second-order valence-electron chi connectivity index (χ2n) is 4.26. The highest BCUT2D eigenvalue weighted by Crippen LogP contribution is 2.27. The van der Waals surface area contributed by atoms with Gasteiger partial charge in [-0.1, -0.05) is 0 Å². The lowest BCUT2D eigenvalue weighted by molar-refractivity contribution is 0.229. The Hall–Kier alpha value is -1.42. The third kappa shape index (κ3) is 1.59. The minimum absolute atomic E-state index is 0.0550. The lowest BCUT2D eigenvalue weighted by Gasteiger charge is -2.26. The third-order valence-electron chi connectivity index (χ3n) is 3.21. The summed E-state index contributed by atoms with van der Waals surface area (Å²) in [4.78, 5) is 7.60. The molecule has 2 aromatic heterocycles. The summed E-state index contributed by atoms with van der Waals surface area (Å²) in [6.07, 6.45) is 1.86. The molecular formula is C12H14FN3. The molecule has 2 atom stereocenters. The smallest absolute Gasteiger partial charge is 0.121 e. The number of hydrogen-bond donors (Lipinski definition) is 2. The fourth-order valence-electron chi connectivity index (χ4n) is 2.31. The molecule has 16 heavy (non-hydrogen) atoms. The molecule has 1 saturated heterocycles. The van der Waals surface area contributed by atoms with Gasteiger partial charge in [0.2, 0.25) is 0 Å². The molecule has 1 aliphatic rings. The van der Waals surface area contributed by atoms with E-state index < -0.39 is 6.17 Å². The molecule has 0 unspecified atom stereocenters. The molecule has 2 N–H and O–H groups in total.